The number of hydrogen-bond donors (Lipinski definition) is 1. The Bertz CT molecular complexity index is 508. The maximum Gasteiger partial charge on any atom is 0.0503 e. The topological polar surface area (TPSA) is 39.1 Å². The molecule has 4 nitrogen and oxygen atoms in total. The molecule has 0 atom stereocenters. The van der Waals surface area contributed by atoms with Gasteiger partial charge in [-0.2, -0.15) is 5.10 Å². The number of methoxy groups -OCH3 is 1. The summed E-state index contributed by atoms with van der Waals surface area (Å²) < 4.78 is 7.06. The summed E-state index contributed by atoms with van der Waals surface area (Å²) in [4.78, 5) is 0. The summed E-state index contributed by atoms with van der Waals surface area (Å²) in [5.41, 5.74) is 3.73. The number of nitrogens with one attached hydrogen (secondary N) is 1. The number of aromatic nitrogens is 2. The van der Waals surface area contributed by atoms with E-state index in [1.807, 2.05) is 17.9 Å². The van der Waals surface area contributed by atoms with E-state index >= 15 is 0 Å². The Kier molecular flexibility index (Phi) is 4.98. The highest BCUT2D eigenvalue weighted by Gasteiger charge is 2.02. The Hall–Kier alpha value is -1.81. The third-order valence-corrected chi connectivity index (χ3v) is 3.21. The molecule has 0 aliphatic carbocycles. The van der Waals surface area contributed by atoms with Crippen LogP contribution in [0.2, 0.25) is 0 Å². The van der Waals surface area contributed by atoms with Gasteiger partial charge < -0.3 is 10.1 Å². The van der Waals surface area contributed by atoms with Crippen molar-refractivity contribution in [1.82, 2.24) is 9.78 Å². The molecule has 0 unspecified atom stereocenters. The van der Waals surface area contributed by atoms with Gasteiger partial charge in [0.25, 0.3) is 0 Å². The molecule has 0 radical (unpaired) electrons. The van der Waals surface area contributed by atoms with Gasteiger partial charge in [0.15, 0.2) is 0 Å². The third-order valence-electron chi connectivity index (χ3n) is 3.21. The molecule has 4 heteroatoms. The lowest BCUT2D eigenvalue weighted by Gasteiger charge is -2.11. The monoisotopic (exact) mass is 259 g/mol. The Morgan fingerprint density at radius 1 is 1.21 bits per heavy atom. The van der Waals surface area contributed by atoms with Gasteiger partial charge in [-0.3, -0.25) is 4.68 Å². The standard InChI is InChI=1S/C15H21N3O/c1-18-14(8-11-17-18)7-10-16-15-6-4-3-5-13(15)9-12-19-2/h3-6,8,11,16H,7,9-10,12H2,1-2H3. The van der Waals surface area contributed by atoms with Crippen molar-refractivity contribution in [2.24, 2.45) is 7.05 Å². The largest absolute Gasteiger partial charge is 0.384 e. The molecule has 0 spiro atoms. The number of hydrogen-bond acceptors (Lipinski definition) is 3. The van der Waals surface area contributed by atoms with Gasteiger partial charge in [-0.15, -0.1) is 0 Å². The van der Waals surface area contributed by atoms with Crippen molar-refractivity contribution in [3.8, 4) is 0 Å². The van der Waals surface area contributed by atoms with Crippen LogP contribution in [0.4, 0.5) is 5.69 Å². The zero-order valence-corrected chi connectivity index (χ0v) is 11.6. The van der Waals surface area contributed by atoms with Crippen molar-refractivity contribution < 1.29 is 4.74 Å². The van der Waals surface area contributed by atoms with Gasteiger partial charge in [-0.1, -0.05) is 18.2 Å². The highest BCUT2D eigenvalue weighted by molar-refractivity contribution is 5.51. The van der Waals surface area contributed by atoms with E-state index in [1.165, 1.54) is 16.9 Å². The van der Waals surface area contributed by atoms with Crippen molar-refractivity contribution in [1.29, 1.82) is 0 Å². The van der Waals surface area contributed by atoms with E-state index in [4.69, 9.17) is 4.74 Å². The number of anilines is 1. The lowest BCUT2D eigenvalue weighted by atomic mass is 10.1. The lowest BCUT2D eigenvalue weighted by molar-refractivity contribution is 0.202. The number of nitrogens with zero attached hydrogens (tertiary/aromatic N) is 2. The molecule has 102 valence electrons. The maximum atomic E-state index is 5.14. The second kappa shape index (κ2) is 6.95. The van der Waals surface area contributed by atoms with E-state index < -0.39 is 0 Å². The average molecular weight is 259 g/mol. The number of rotatable bonds is 7. The van der Waals surface area contributed by atoms with Crippen LogP contribution in [0, 0.1) is 0 Å². The van der Waals surface area contributed by atoms with Gasteiger partial charge in [0.05, 0.1) is 6.61 Å². The van der Waals surface area contributed by atoms with Gasteiger partial charge in [-0.25, -0.2) is 0 Å². The van der Waals surface area contributed by atoms with Crippen molar-refractivity contribution in [2.75, 3.05) is 25.6 Å². The van der Waals surface area contributed by atoms with Crippen molar-refractivity contribution in [3.63, 3.8) is 0 Å². The highest BCUT2D eigenvalue weighted by Crippen LogP contribution is 2.15. The second-order valence-electron chi connectivity index (χ2n) is 4.52. The molecule has 2 aromatic rings. The number of aryl methyl sites for hydroxylation is 1. The normalized spacial score (nSPS) is 10.6. The zero-order chi connectivity index (χ0) is 13.5. The second-order valence-corrected chi connectivity index (χ2v) is 4.52. The predicted molar refractivity (Wildman–Crippen MR) is 77.4 cm³/mol. The molecular weight excluding hydrogens is 238 g/mol. The van der Waals surface area contributed by atoms with Crippen LogP contribution >= 0.6 is 0 Å². The van der Waals surface area contributed by atoms with Gasteiger partial charge in [0.1, 0.15) is 0 Å². The average Bonchev–Trinajstić information content (AvgIpc) is 2.83. The number of ether oxygens (including phenoxy) is 1. The zero-order valence-electron chi connectivity index (χ0n) is 11.6. The van der Waals surface area contributed by atoms with Crippen LogP contribution in [0.3, 0.4) is 0 Å². The molecule has 0 amide bonds. The molecule has 1 heterocycles. The first kappa shape index (κ1) is 13.6. The van der Waals surface area contributed by atoms with Gasteiger partial charge in [0.2, 0.25) is 0 Å². The van der Waals surface area contributed by atoms with Gasteiger partial charge >= 0.3 is 0 Å². The van der Waals surface area contributed by atoms with E-state index in [0.29, 0.717) is 0 Å². The minimum absolute atomic E-state index is 0.750. The van der Waals surface area contributed by atoms with E-state index in [0.717, 1.165) is 26.0 Å². The quantitative estimate of drug-likeness (QED) is 0.829. The molecule has 0 aliphatic rings. The first-order chi connectivity index (χ1) is 9.31. The van der Waals surface area contributed by atoms with Crippen molar-refractivity contribution in [2.45, 2.75) is 12.8 Å². The summed E-state index contributed by atoms with van der Waals surface area (Å²) in [6.07, 6.45) is 3.74. The minimum atomic E-state index is 0.750. The van der Waals surface area contributed by atoms with Crippen molar-refractivity contribution in [3.05, 3.63) is 47.8 Å². The summed E-state index contributed by atoms with van der Waals surface area (Å²) in [6, 6.07) is 10.4. The molecule has 19 heavy (non-hydrogen) atoms. The van der Waals surface area contributed by atoms with Crippen LogP contribution in [0.15, 0.2) is 36.5 Å². The van der Waals surface area contributed by atoms with E-state index in [2.05, 4.69) is 40.7 Å². The lowest BCUT2D eigenvalue weighted by Crippen LogP contribution is -2.10. The van der Waals surface area contributed by atoms with E-state index in [9.17, 15) is 0 Å². The highest BCUT2D eigenvalue weighted by atomic mass is 16.5. The van der Waals surface area contributed by atoms with Gasteiger partial charge in [0, 0.05) is 44.7 Å². The SMILES string of the molecule is COCCc1ccccc1NCCc1ccnn1C. The van der Waals surface area contributed by atoms with Crippen LogP contribution in [0.25, 0.3) is 0 Å². The summed E-state index contributed by atoms with van der Waals surface area (Å²) in [5, 5.41) is 7.66. The van der Waals surface area contributed by atoms with E-state index in [1.54, 1.807) is 7.11 Å². The smallest absolute Gasteiger partial charge is 0.0503 e. The van der Waals surface area contributed by atoms with Crippen LogP contribution < -0.4 is 5.32 Å². The molecular formula is C15H21N3O. The summed E-state index contributed by atoms with van der Waals surface area (Å²) in [5.74, 6) is 0. The predicted octanol–water partition coefficient (Wildman–Crippen LogP) is 2.26. The fraction of sp³-hybridized carbons (Fsp3) is 0.400. The molecule has 0 aliphatic heterocycles. The number of benzene rings is 1. The fourth-order valence-electron chi connectivity index (χ4n) is 2.09. The first-order valence-electron chi connectivity index (χ1n) is 6.59. The Morgan fingerprint density at radius 2 is 2.05 bits per heavy atom. The molecule has 2 rings (SSSR count). The molecule has 1 aromatic carbocycles. The van der Waals surface area contributed by atoms with E-state index in [-0.39, 0.29) is 0 Å². The molecule has 0 saturated carbocycles. The van der Waals surface area contributed by atoms with Crippen LogP contribution in [-0.2, 0) is 24.6 Å². The number of para-hydroxylation sites is 1. The molecule has 0 saturated heterocycles. The third kappa shape index (κ3) is 3.83. The Balaban J connectivity index is 1.90. The Morgan fingerprint density at radius 3 is 2.79 bits per heavy atom. The summed E-state index contributed by atoms with van der Waals surface area (Å²) in [6.45, 7) is 1.66. The van der Waals surface area contributed by atoms with Crippen molar-refractivity contribution >= 4 is 5.69 Å². The minimum Gasteiger partial charge on any atom is -0.384 e. The first-order valence-corrected chi connectivity index (χ1v) is 6.59. The van der Waals surface area contributed by atoms with Crippen LogP contribution in [-0.4, -0.2) is 30.0 Å². The maximum absolute atomic E-state index is 5.14. The summed E-state index contributed by atoms with van der Waals surface area (Å²) in [7, 11) is 3.71. The van der Waals surface area contributed by atoms with Crippen LogP contribution in [0.1, 0.15) is 11.3 Å². The molecule has 1 N–H and O–H groups in total. The molecule has 0 bridgehead atoms. The Labute approximate surface area is 114 Å². The van der Waals surface area contributed by atoms with Gasteiger partial charge in [-0.05, 0) is 24.1 Å². The fourth-order valence-corrected chi connectivity index (χ4v) is 2.09. The molecule has 0 fully saturated rings. The van der Waals surface area contributed by atoms with Crippen LogP contribution in [0.5, 0.6) is 0 Å². The molecule has 1 aromatic heterocycles. The summed E-state index contributed by atoms with van der Waals surface area (Å²) >= 11 is 0.